The zero-order valence-electron chi connectivity index (χ0n) is 27.1. The average Bonchev–Trinajstić information content (AvgIpc) is 3.23. The highest BCUT2D eigenvalue weighted by atomic mass is 16.2. The van der Waals surface area contributed by atoms with Gasteiger partial charge in [0, 0.05) is 48.5 Å². The van der Waals surface area contributed by atoms with Crippen molar-refractivity contribution in [2.75, 3.05) is 23.3 Å². The van der Waals surface area contributed by atoms with Crippen molar-refractivity contribution in [2.24, 2.45) is 16.2 Å². The average molecular weight is 626 g/mol. The smallest absolute Gasteiger partial charge is 0.262 e. The van der Waals surface area contributed by atoms with Gasteiger partial charge in [0.2, 0.25) is 11.8 Å². The Morgan fingerprint density at radius 1 is 0.870 bits per heavy atom. The van der Waals surface area contributed by atoms with E-state index in [1.807, 2.05) is 18.2 Å². The number of anilines is 2. The topological polar surface area (TPSA) is 128 Å². The first-order valence-corrected chi connectivity index (χ1v) is 16.5. The Hall–Kier alpha value is -4.21. The molecule has 2 saturated carbocycles. The van der Waals surface area contributed by atoms with E-state index in [9.17, 15) is 24.0 Å². The minimum Gasteiger partial charge on any atom is -0.382 e. The van der Waals surface area contributed by atoms with Gasteiger partial charge in [-0.1, -0.05) is 27.7 Å². The van der Waals surface area contributed by atoms with Crippen LogP contribution in [0.3, 0.4) is 0 Å². The minimum atomic E-state index is -0.964. The van der Waals surface area contributed by atoms with Crippen LogP contribution >= 0.6 is 0 Å². The molecule has 3 heterocycles. The number of nitrogens with one attached hydrogen (secondary N) is 3. The SMILES string of the molecule is CC1(C)CC(C)(C)C1NC(=O)c1ccc(N2CCC3(CC2)CC(Nc2ccc4c(c2)C(=O)N(C2CCC(=O)NC2=O)C4=O)C3)cc1. The Kier molecular flexibility index (Phi) is 7.06. The lowest BCUT2D eigenvalue weighted by molar-refractivity contribution is -0.136. The lowest BCUT2D eigenvalue weighted by Crippen LogP contribution is -2.63. The standard InChI is InChI=1S/C36H43N5O5/c1-34(2)20-35(3,4)33(34)39-29(43)21-5-8-24(9-6-21)40-15-13-36(14-16-40)18-23(19-36)37-22-7-10-25-26(17-22)32(46)41(31(25)45)27-11-12-28(42)38-30(27)44/h5-10,17,23,27,33,37H,11-16,18-20H2,1-4H3,(H,39,43)(H,38,42,44). The van der Waals surface area contributed by atoms with Crippen molar-refractivity contribution >= 4 is 40.9 Å². The molecule has 2 aromatic carbocycles. The Morgan fingerprint density at radius 2 is 1.52 bits per heavy atom. The first kappa shape index (κ1) is 30.4. The number of nitrogens with zero attached hydrogens (tertiary/aromatic N) is 2. The second-order valence-corrected chi connectivity index (χ2v) is 15.6. The summed E-state index contributed by atoms with van der Waals surface area (Å²) >= 11 is 0. The number of imide groups is 2. The van der Waals surface area contributed by atoms with Gasteiger partial charge in [0.05, 0.1) is 11.1 Å². The maximum Gasteiger partial charge on any atom is 0.262 e. The van der Waals surface area contributed by atoms with E-state index in [1.165, 1.54) is 0 Å². The van der Waals surface area contributed by atoms with E-state index in [4.69, 9.17) is 0 Å². The molecule has 3 aliphatic heterocycles. The van der Waals surface area contributed by atoms with Crippen LogP contribution in [-0.4, -0.2) is 65.7 Å². The second kappa shape index (κ2) is 10.7. The van der Waals surface area contributed by atoms with Crippen molar-refractivity contribution in [3.63, 3.8) is 0 Å². The lowest BCUT2D eigenvalue weighted by atomic mass is 9.52. The number of hydrogen-bond acceptors (Lipinski definition) is 7. The molecule has 3 N–H and O–H groups in total. The molecule has 1 spiro atoms. The number of piperidine rings is 2. The number of carbonyl (C=O) groups excluding carboxylic acids is 5. The summed E-state index contributed by atoms with van der Waals surface area (Å²) < 4.78 is 0. The van der Waals surface area contributed by atoms with Crippen LogP contribution in [0.1, 0.15) is 104 Å². The molecule has 2 aromatic rings. The molecule has 5 amide bonds. The number of benzene rings is 2. The molecule has 1 atom stereocenters. The molecule has 5 aliphatic rings. The van der Waals surface area contributed by atoms with Gasteiger partial charge in [0.1, 0.15) is 6.04 Å². The van der Waals surface area contributed by atoms with Gasteiger partial charge in [-0.05, 0) is 97.2 Å². The first-order valence-electron chi connectivity index (χ1n) is 16.5. The largest absolute Gasteiger partial charge is 0.382 e. The van der Waals surface area contributed by atoms with Crippen molar-refractivity contribution in [1.29, 1.82) is 0 Å². The van der Waals surface area contributed by atoms with Crippen molar-refractivity contribution in [3.05, 3.63) is 59.2 Å². The summed E-state index contributed by atoms with van der Waals surface area (Å²) in [6.45, 7) is 10.8. The Labute approximate surface area is 269 Å². The predicted octanol–water partition coefficient (Wildman–Crippen LogP) is 4.50. The van der Waals surface area contributed by atoms with Gasteiger partial charge in [0.25, 0.3) is 17.7 Å². The highest BCUT2D eigenvalue weighted by Gasteiger charge is 2.53. The Morgan fingerprint density at radius 3 is 2.15 bits per heavy atom. The van der Waals surface area contributed by atoms with Gasteiger partial charge < -0.3 is 15.5 Å². The summed E-state index contributed by atoms with van der Waals surface area (Å²) in [4.78, 5) is 66.5. The highest BCUT2D eigenvalue weighted by Crippen LogP contribution is 2.54. The van der Waals surface area contributed by atoms with E-state index >= 15 is 0 Å². The molecule has 1 unspecified atom stereocenters. The Balaban J connectivity index is 0.909. The van der Waals surface area contributed by atoms with E-state index in [0.717, 1.165) is 61.5 Å². The normalized spacial score (nSPS) is 25.1. The quantitative estimate of drug-likeness (QED) is 0.404. The minimum absolute atomic E-state index is 0.00557. The summed E-state index contributed by atoms with van der Waals surface area (Å²) in [5.41, 5.74) is 3.73. The highest BCUT2D eigenvalue weighted by molar-refractivity contribution is 6.23. The maximum absolute atomic E-state index is 13.2. The number of fused-ring (bicyclic) bond motifs is 1. The second-order valence-electron chi connectivity index (χ2n) is 15.6. The molecule has 10 heteroatoms. The summed E-state index contributed by atoms with van der Waals surface area (Å²) in [6, 6.07) is 12.7. The molecule has 4 fully saturated rings. The molecule has 2 saturated heterocycles. The molecule has 46 heavy (non-hydrogen) atoms. The van der Waals surface area contributed by atoms with Crippen molar-refractivity contribution < 1.29 is 24.0 Å². The molecule has 10 nitrogen and oxygen atoms in total. The molecule has 242 valence electrons. The molecular weight excluding hydrogens is 582 g/mol. The summed E-state index contributed by atoms with van der Waals surface area (Å²) in [7, 11) is 0. The molecule has 7 rings (SSSR count). The van der Waals surface area contributed by atoms with Crippen LogP contribution in [0.2, 0.25) is 0 Å². The van der Waals surface area contributed by atoms with E-state index in [0.29, 0.717) is 16.5 Å². The van der Waals surface area contributed by atoms with E-state index in [-0.39, 0.29) is 53.1 Å². The van der Waals surface area contributed by atoms with Gasteiger partial charge >= 0.3 is 0 Å². The molecule has 0 radical (unpaired) electrons. The third-order valence-corrected chi connectivity index (χ3v) is 11.2. The molecule has 0 bridgehead atoms. The van der Waals surface area contributed by atoms with Gasteiger partial charge in [-0.15, -0.1) is 0 Å². The number of hydrogen-bond donors (Lipinski definition) is 3. The third-order valence-electron chi connectivity index (χ3n) is 11.2. The van der Waals surface area contributed by atoms with Crippen molar-refractivity contribution in [3.8, 4) is 0 Å². The van der Waals surface area contributed by atoms with Crippen molar-refractivity contribution in [2.45, 2.75) is 90.8 Å². The van der Waals surface area contributed by atoms with Gasteiger partial charge in [0.15, 0.2) is 0 Å². The maximum atomic E-state index is 13.2. The number of carbonyl (C=O) groups is 5. The number of rotatable bonds is 6. The van der Waals surface area contributed by atoms with Crippen LogP contribution in [0.4, 0.5) is 11.4 Å². The summed E-state index contributed by atoms with van der Waals surface area (Å²) in [5.74, 6) is -1.98. The zero-order valence-corrected chi connectivity index (χ0v) is 27.1. The fourth-order valence-corrected chi connectivity index (χ4v) is 9.27. The van der Waals surface area contributed by atoms with Gasteiger partial charge in [-0.25, -0.2) is 0 Å². The Bertz CT molecular complexity index is 1620. The van der Waals surface area contributed by atoms with Gasteiger partial charge in [-0.2, -0.15) is 0 Å². The predicted molar refractivity (Wildman–Crippen MR) is 174 cm³/mol. The fourth-order valence-electron chi connectivity index (χ4n) is 9.27. The van der Waals surface area contributed by atoms with Crippen LogP contribution in [0.5, 0.6) is 0 Å². The first-order chi connectivity index (χ1) is 21.8. The van der Waals surface area contributed by atoms with Crippen LogP contribution in [0.25, 0.3) is 0 Å². The molecule has 0 aromatic heterocycles. The monoisotopic (exact) mass is 625 g/mol. The fraction of sp³-hybridized carbons (Fsp3) is 0.528. The third kappa shape index (κ3) is 5.15. The number of amides is 5. The summed E-state index contributed by atoms with van der Waals surface area (Å²) in [5, 5.41) is 9.07. The van der Waals surface area contributed by atoms with E-state index < -0.39 is 23.8 Å². The lowest BCUT2D eigenvalue weighted by Gasteiger charge is -2.57. The molecule has 2 aliphatic carbocycles. The summed E-state index contributed by atoms with van der Waals surface area (Å²) in [6.07, 6.45) is 5.61. The van der Waals surface area contributed by atoms with Crippen LogP contribution < -0.4 is 20.9 Å². The van der Waals surface area contributed by atoms with Crippen LogP contribution in [-0.2, 0) is 9.59 Å². The van der Waals surface area contributed by atoms with E-state index in [1.54, 1.807) is 12.1 Å². The van der Waals surface area contributed by atoms with Crippen LogP contribution in [0.15, 0.2) is 42.5 Å². The zero-order chi connectivity index (χ0) is 32.6. The molecular formula is C36H43N5O5. The van der Waals surface area contributed by atoms with Crippen LogP contribution in [0, 0.1) is 16.2 Å². The van der Waals surface area contributed by atoms with Crippen molar-refractivity contribution in [1.82, 2.24) is 15.5 Å². The van der Waals surface area contributed by atoms with Gasteiger partial charge in [-0.3, -0.25) is 34.2 Å². The van der Waals surface area contributed by atoms with E-state index in [2.05, 4.69) is 60.7 Å².